The van der Waals surface area contributed by atoms with Gasteiger partial charge in [-0.05, 0) is 37.5 Å². The van der Waals surface area contributed by atoms with Gasteiger partial charge in [0.1, 0.15) is 23.9 Å². The predicted octanol–water partition coefficient (Wildman–Crippen LogP) is 5.35. The fourth-order valence-electron chi connectivity index (χ4n) is 4.64. The fourth-order valence-corrected chi connectivity index (χ4v) is 4.64. The predicted molar refractivity (Wildman–Crippen MR) is 149 cm³/mol. The number of piperidine rings is 1. The minimum atomic E-state index is -0.696. The van der Waals surface area contributed by atoms with Crippen molar-refractivity contribution in [3.8, 4) is 0 Å². The lowest BCUT2D eigenvalue weighted by Crippen LogP contribution is -2.66. The molecule has 1 amide bonds. The maximum atomic E-state index is 13.3. The van der Waals surface area contributed by atoms with Gasteiger partial charge >= 0.3 is 6.09 Å². The molecular weight excluding hydrogens is 494 g/mol. The second kappa shape index (κ2) is 13.7. The first-order valence-electron chi connectivity index (χ1n) is 13.4. The molecule has 208 valence electrons. The lowest BCUT2D eigenvalue weighted by atomic mass is 9.93. The van der Waals surface area contributed by atoms with Crippen molar-refractivity contribution >= 4 is 6.09 Å². The van der Waals surface area contributed by atoms with Crippen LogP contribution < -0.4 is 0 Å². The Labute approximate surface area is 231 Å². The highest BCUT2D eigenvalue weighted by Gasteiger charge is 2.48. The fraction of sp³-hybridized carbons (Fsp3) is 0.406. The van der Waals surface area contributed by atoms with E-state index in [1.165, 1.54) is 4.90 Å². The summed E-state index contributed by atoms with van der Waals surface area (Å²) in [4.78, 5) is 14.9. The highest BCUT2D eigenvalue weighted by atomic mass is 16.6. The van der Waals surface area contributed by atoms with E-state index in [1.54, 1.807) is 0 Å². The molecule has 0 saturated carbocycles. The number of aliphatic hydroxyl groups excluding tert-OH is 1. The summed E-state index contributed by atoms with van der Waals surface area (Å²) in [5.74, 6) is 0. The van der Waals surface area contributed by atoms with Gasteiger partial charge in [-0.15, -0.1) is 0 Å². The number of hydrogen-bond donors (Lipinski definition) is 1. The lowest BCUT2D eigenvalue weighted by molar-refractivity contribution is -0.203. The van der Waals surface area contributed by atoms with Crippen LogP contribution in [0.15, 0.2) is 91.0 Å². The first-order valence-corrected chi connectivity index (χ1v) is 13.4. The smallest absolute Gasteiger partial charge is 0.410 e. The monoisotopic (exact) mass is 533 g/mol. The summed E-state index contributed by atoms with van der Waals surface area (Å²) in [7, 11) is 0. The molecule has 4 atom stereocenters. The molecule has 7 heteroatoms. The minimum Gasteiger partial charge on any atom is -0.444 e. The number of likely N-dealkylation sites (tertiary alicyclic amines) is 1. The zero-order valence-electron chi connectivity index (χ0n) is 22.9. The third-order valence-electron chi connectivity index (χ3n) is 6.54. The van der Waals surface area contributed by atoms with E-state index in [0.29, 0.717) is 19.8 Å². The van der Waals surface area contributed by atoms with E-state index in [9.17, 15) is 9.90 Å². The molecule has 39 heavy (non-hydrogen) atoms. The Morgan fingerprint density at radius 1 is 0.744 bits per heavy atom. The largest absolute Gasteiger partial charge is 0.444 e. The maximum Gasteiger partial charge on any atom is 0.410 e. The van der Waals surface area contributed by atoms with Gasteiger partial charge in [-0.2, -0.15) is 0 Å². The molecule has 3 aromatic carbocycles. The summed E-state index contributed by atoms with van der Waals surface area (Å²) in [6.45, 7) is 6.32. The molecule has 3 aromatic rings. The zero-order chi connectivity index (χ0) is 27.7. The summed E-state index contributed by atoms with van der Waals surface area (Å²) in [5, 5.41) is 10.5. The van der Waals surface area contributed by atoms with Gasteiger partial charge in [0.15, 0.2) is 0 Å². The summed E-state index contributed by atoms with van der Waals surface area (Å²) in [6.07, 6.45) is -2.26. The van der Waals surface area contributed by atoms with Crippen molar-refractivity contribution in [1.82, 2.24) is 4.90 Å². The van der Waals surface area contributed by atoms with Crippen LogP contribution in [0.4, 0.5) is 4.79 Å². The van der Waals surface area contributed by atoms with Gasteiger partial charge in [-0.1, -0.05) is 91.0 Å². The second-order valence-corrected chi connectivity index (χ2v) is 10.7. The zero-order valence-corrected chi connectivity index (χ0v) is 22.9. The Morgan fingerprint density at radius 2 is 1.18 bits per heavy atom. The van der Waals surface area contributed by atoms with Crippen LogP contribution in [0.1, 0.15) is 37.5 Å². The van der Waals surface area contributed by atoms with Crippen molar-refractivity contribution in [2.75, 3.05) is 13.2 Å². The van der Waals surface area contributed by atoms with Crippen LogP contribution >= 0.6 is 0 Å². The van der Waals surface area contributed by atoms with Gasteiger partial charge in [0.2, 0.25) is 0 Å². The molecule has 0 spiro atoms. The molecule has 1 heterocycles. The van der Waals surface area contributed by atoms with Crippen molar-refractivity contribution in [1.29, 1.82) is 0 Å². The van der Waals surface area contributed by atoms with Gasteiger partial charge in [-0.25, -0.2) is 4.79 Å². The summed E-state index contributed by atoms with van der Waals surface area (Å²) in [6, 6.07) is 28.9. The number of nitrogens with zero attached hydrogens (tertiary/aromatic N) is 1. The Balaban J connectivity index is 1.63. The second-order valence-electron chi connectivity index (χ2n) is 10.7. The van der Waals surface area contributed by atoms with Gasteiger partial charge in [0.25, 0.3) is 0 Å². The molecule has 1 aliphatic heterocycles. The number of benzene rings is 3. The standard InChI is InChI=1S/C32H39NO6/c1-32(2,3)39-31(35)33-19-28(36-21-24-13-7-4-8-14-24)30(38-23-26-17-11-6-12-18-26)29(27(33)20-34)37-22-25-15-9-5-10-16-25/h4-18,27-30,34H,19-23H2,1-3H3/t27-,28-,29-,30+/m0/s1. The van der Waals surface area contributed by atoms with E-state index in [2.05, 4.69) is 0 Å². The normalized spacial score (nSPS) is 21.5. The van der Waals surface area contributed by atoms with Gasteiger partial charge in [0.05, 0.1) is 39.0 Å². The number of amides is 1. The van der Waals surface area contributed by atoms with E-state index >= 15 is 0 Å². The van der Waals surface area contributed by atoms with E-state index < -0.39 is 36.0 Å². The quantitative estimate of drug-likeness (QED) is 0.378. The van der Waals surface area contributed by atoms with E-state index in [-0.39, 0.29) is 13.2 Å². The molecule has 0 unspecified atom stereocenters. The maximum absolute atomic E-state index is 13.3. The molecule has 4 rings (SSSR count). The number of carbonyl (C=O) groups excluding carboxylic acids is 1. The first kappa shape index (κ1) is 28.8. The molecular formula is C32H39NO6. The van der Waals surface area contributed by atoms with Crippen LogP contribution in [0.3, 0.4) is 0 Å². The third-order valence-corrected chi connectivity index (χ3v) is 6.54. The van der Waals surface area contributed by atoms with E-state index in [0.717, 1.165) is 16.7 Å². The number of rotatable bonds is 10. The number of carbonyl (C=O) groups is 1. The average molecular weight is 534 g/mol. The Bertz CT molecular complexity index is 1140. The lowest BCUT2D eigenvalue weighted by Gasteiger charge is -2.47. The Morgan fingerprint density at radius 3 is 1.62 bits per heavy atom. The third kappa shape index (κ3) is 8.38. The molecule has 0 bridgehead atoms. The number of aliphatic hydroxyl groups is 1. The summed E-state index contributed by atoms with van der Waals surface area (Å²) < 4.78 is 25.1. The van der Waals surface area contributed by atoms with E-state index in [4.69, 9.17) is 18.9 Å². The van der Waals surface area contributed by atoms with E-state index in [1.807, 2.05) is 112 Å². The molecule has 7 nitrogen and oxygen atoms in total. The summed E-state index contributed by atoms with van der Waals surface area (Å²) >= 11 is 0. The Kier molecular flexibility index (Phi) is 10.1. The first-order chi connectivity index (χ1) is 18.8. The number of ether oxygens (including phenoxy) is 4. The highest BCUT2D eigenvalue weighted by molar-refractivity contribution is 5.69. The minimum absolute atomic E-state index is 0.192. The molecule has 1 aliphatic rings. The Hall–Kier alpha value is -3.23. The van der Waals surface area contributed by atoms with Gasteiger partial charge < -0.3 is 24.1 Å². The van der Waals surface area contributed by atoms with Gasteiger partial charge in [-0.3, -0.25) is 4.90 Å². The van der Waals surface area contributed by atoms with Gasteiger partial charge in [0, 0.05) is 0 Å². The molecule has 0 aromatic heterocycles. The SMILES string of the molecule is CC(C)(C)OC(=O)N1C[C@H](OCc2ccccc2)[C@@H](OCc2ccccc2)[C@@H](OCc2ccccc2)[C@@H]1CO. The average Bonchev–Trinajstić information content (AvgIpc) is 2.94. The van der Waals surface area contributed by atoms with Crippen LogP contribution in [0.2, 0.25) is 0 Å². The summed E-state index contributed by atoms with van der Waals surface area (Å²) in [5.41, 5.74) is 2.30. The van der Waals surface area contributed by atoms with Crippen molar-refractivity contribution in [2.24, 2.45) is 0 Å². The van der Waals surface area contributed by atoms with Crippen molar-refractivity contribution in [3.63, 3.8) is 0 Å². The van der Waals surface area contributed by atoms with Crippen LogP contribution in [0, 0.1) is 0 Å². The van der Waals surface area contributed by atoms with Crippen molar-refractivity contribution in [2.45, 2.75) is 70.5 Å². The molecule has 0 radical (unpaired) electrons. The van der Waals surface area contributed by atoms with Crippen LogP contribution in [0.25, 0.3) is 0 Å². The molecule has 1 fully saturated rings. The van der Waals surface area contributed by atoms with Crippen LogP contribution in [0.5, 0.6) is 0 Å². The molecule has 1 saturated heterocycles. The topological polar surface area (TPSA) is 77.5 Å². The number of hydrogen-bond acceptors (Lipinski definition) is 6. The molecule has 1 N–H and O–H groups in total. The molecule has 0 aliphatic carbocycles. The van der Waals surface area contributed by atoms with Crippen LogP contribution in [-0.4, -0.2) is 59.2 Å². The van der Waals surface area contributed by atoms with Crippen LogP contribution in [-0.2, 0) is 38.8 Å². The van der Waals surface area contributed by atoms with Crippen molar-refractivity contribution in [3.05, 3.63) is 108 Å². The highest BCUT2D eigenvalue weighted by Crippen LogP contribution is 2.30. The van der Waals surface area contributed by atoms with Crippen molar-refractivity contribution < 1.29 is 28.8 Å².